The third kappa shape index (κ3) is 26.6. The van der Waals surface area contributed by atoms with Crippen LogP contribution >= 0.6 is 54.4 Å². The number of nitrogens with one attached hydrogen (secondary N) is 4. The van der Waals surface area contributed by atoms with Gasteiger partial charge in [-0.25, -0.2) is 37.2 Å². The van der Waals surface area contributed by atoms with Gasteiger partial charge >= 0.3 is 44.0 Å². The van der Waals surface area contributed by atoms with E-state index in [9.17, 15) is 52.0 Å². The van der Waals surface area contributed by atoms with Crippen LogP contribution in [0.25, 0.3) is 41.8 Å². The molecular formula is C73H94Cl3F2N18O23P3. The molecule has 12 atom stereocenters. The number of esters is 2. The fourth-order valence-electron chi connectivity index (χ4n) is 13.7. The zero-order chi connectivity index (χ0) is 88.8. The first-order valence-corrected chi connectivity index (χ1v) is 44.9. The molecule has 0 amide bonds. The van der Waals surface area contributed by atoms with Gasteiger partial charge in [0.1, 0.15) is 71.8 Å². The average Bonchev–Trinajstić information content (AvgIpc) is 1.54. The Balaban J connectivity index is 0.000000230. The number of hydrogen-bond acceptors (Lipinski definition) is 27. The van der Waals surface area contributed by atoms with Crippen molar-refractivity contribution in [3.8, 4) is 23.0 Å². The van der Waals surface area contributed by atoms with Crippen molar-refractivity contribution in [3.63, 3.8) is 0 Å². The van der Waals surface area contributed by atoms with Crippen LogP contribution in [0.4, 0.5) is 8.78 Å². The number of hydrogen-bond donors (Lipinski definition) is 6. The van der Waals surface area contributed by atoms with E-state index >= 15 is 4.39 Å². The second-order valence-corrected chi connectivity index (χ2v) is 37.7. The number of ether oxygens (including phenoxy) is 8. The molecule has 4 aromatic carbocycles. The van der Waals surface area contributed by atoms with Crippen molar-refractivity contribution in [1.82, 2.24) is 29.3 Å². The number of rotatable bonds is 30. The molecule has 6 fully saturated rings. The summed E-state index contributed by atoms with van der Waals surface area (Å²) in [7, 11) is -4.53. The number of carbonyl (C=O) groups excluding carboxylic acids is 2. The van der Waals surface area contributed by atoms with Crippen molar-refractivity contribution < 1.29 is 98.3 Å². The Hall–Kier alpha value is -9.36. The molecule has 49 heteroatoms. The highest BCUT2D eigenvalue weighted by atomic mass is 35.9. The van der Waals surface area contributed by atoms with E-state index < -0.39 is 159 Å². The van der Waals surface area contributed by atoms with Crippen LogP contribution in [0.5, 0.6) is 23.0 Å². The Morgan fingerprint density at radius 2 is 0.893 bits per heavy atom. The first kappa shape index (κ1) is 99.7. The van der Waals surface area contributed by atoms with Gasteiger partial charge < -0.3 is 61.7 Å². The third-order valence-corrected chi connectivity index (χ3v) is 23.1. The van der Waals surface area contributed by atoms with Crippen LogP contribution in [-0.2, 0) is 91.9 Å². The number of nitrogens with zero attached hydrogens (tertiary/aromatic N) is 14. The molecule has 4 saturated heterocycles. The first-order valence-electron chi connectivity index (χ1n) is 37.4. The second-order valence-electron chi connectivity index (χ2n) is 29.1. The van der Waals surface area contributed by atoms with E-state index in [2.05, 4.69) is 60.2 Å². The van der Waals surface area contributed by atoms with Crippen LogP contribution in [0.1, 0.15) is 149 Å². The largest absolute Gasteiger partial charge is 0.508 e. The predicted octanol–water partition coefficient (Wildman–Crippen LogP) is 15.8. The molecule has 664 valence electrons. The summed E-state index contributed by atoms with van der Waals surface area (Å²) in [6.45, 7) is 6.44. The van der Waals surface area contributed by atoms with Crippen LogP contribution in [0.3, 0.4) is 0 Å². The zero-order valence-corrected chi connectivity index (χ0v) is 71.4. The average molecular weight is 1830 g/mol. The number of H-pyrrole nitrogens is 2. The quantitative estimate of drug-likeness (QED) is 0.00802. The van der Waals surface area contributed by atoms with Crippen molar-refractivity contribution in [3.05, 3.63) is 227 Å². The fourth-order valence-corrected chi connectivity index (χ4v) is 17.8. The van der Waals surface area contributed by atoms with Crippen LogP contribution in [0.15, 0.2) is 161 Å². The summed E-state index contributed by atoms with van der Waals surface area (Å²) in [5, 5.41) is 37.4. The minimum atomic E-state index is -4.53. The van der Waals surface area contributed by atoms with Crippen LogP contribution < -0.4 is 46.2 Å². The number of fused-ring (bicyclic) bond motifs is 2. The molecule has 2 aromatic heterocycles. The van der Waals surface area contributed by atoms with Crippen molar-refractivity contribution in [2.24, 2.45) is 20.5 Å². The third-order valence-electron chi connectivity index (χ3n) is 19.0. The number of aromatic amines is 2. The lowest BCUT2D eigenvalue weighted by Gasteiger charge is -2.34. The Morgan fingerprint density at radius 1 is 0.549 bits per heavy atom. The SMILES string of the molecule is C.CC(C)OC(=O)[C@@H](C)NP(=O)(Cl)Oc1ccc(CN=[N+]=[N-])cc1.CC(C)OC(=O)[C@H](C)NP(=O)(OC[C@@]1(CF)O[C@@H](n2ccc(=O)[nH]c2=O)[C@]2(C)OC3(CCCC3)O[C@H]12)Oc1ccc(CN=[N+]=[N-])cc1.C[C@@]12OC3(CCCC3)O[C@@H]1[C@](CO)(CF)O[C@H]2n1ccc(=O)[nH]c1=O.[N-]=[N+]=NCc1ccc(O)cc1.[N-]=[N+]=NCc1ccc(OP(=O)(Cl)Cl)cc1. The molecule has 0 radical (unpaired) electrons. The van der Waals surface area contributed by atoms with E-state index in [1.165, 1.54) is 56.6 Å². The van der Waals surface area contributed by atoms with Gasteiger partial charge in [-0.1, -0.05) is 76.4 Å². The standard InChI is InChI=1S/C29H38FN6O10P.C16H21FN2O6.C13H18ClN4O4P.C7H6Cl2N3O2P.C7H7N3O.CH4/c1-18(2)42-23(38)19(3)34-47(40,45-21-9-7-20(8-10-21)15-32-35-31)41-17-28(16-30)24-27(4,46-29(43-24)12-5-6-13-29)25(44-28)36-14-11-22(37)33-26(36)39;1-14-11(23-16(25-14)5-2-3-6-16)15(8-17,9-20)24-12(14)19-7-4-10(21)18-13(19)22;1-9(2)21-13(19)10(3)17-23(14,20)22-12-6-4-11(5-7-12)8-16-18-15;8-15(9,13)14-7-3-1-6(2-4-7)5-11-12-10;8-10-9-5-6-1-3-7(11)4-2-6;/h7-11,14,18-19,24-25H,5-6,12-13,15-17H2,1-4H3,(H,34,40)(H,33,37,39);4,7,11-12,20H,2-3,5-6,8-9H2,1H3,(H,18,21,22);4-7,9-10H,8H2,1-3H3,(H,17,20);1-4H,5H2;1-4,11H,5H2;1H4/t19-,24-,25+,27+,28+,47?;11-,12+,14+,15+;10-,23?;;;/m001.../s1. The summed E-state index contributed by atoms with van der Waals surface area (Å²) < 4.78 is 138. The molecule has 6 aliphatic rings. The van der Waals surface area contributed by atoms with Crippen LogP contribution in [0.2, 0.25) is 0 Å². The normalized spacial score (nSPS) is 23.6. The molecule has 0 bridgehead atoms. The highest BCUT2D eigenvalue weighted by Crippen LogP contribution is 2.62. The molecule has 2 saturated carbocycles. The highest BCUT2D eigenvalue weighted by molar-refractivity contribution is 8.05. The molecule has 122 heavy (non-hydrogen) atoms. The molecule has 6 heterocycles. The molecule has 6 aromatic rings. The molecule has 4 aliphatic heterocycles. The van der Waals surface area contributed by atoms with Gasteiger partial charge in [-0.05, 0) is 174 Å². The number of carbonyl (C=O) groups is 2. The minimum Gasteiger partial charge on any atom is -0.508 e. The number of aromatic nitrogens is 4. The van der Waals surface area contributed by atoms with E-state index in [1.54, 1.807) is 114 Å². The fraction of sp³-hybridized carbons (Fsp3) is 0.534. The number of aromatic hydroxyl groups is 1. The van der Waals surface area contributed by atoms with Gasteiger partial charge in [0.25, 0.3) is 11.1 Å². The molecular weight excluding hydrogens is 1730 g/mol. The smallest absolute Gasteiger partial charge is 0.459 e. The molecule has 2 spiro atoms. The van der Waals surface area contributed by atoms with Gasteiger partial charge in [0.15, 0.2) is 35.2 Å². The zero-order valence-electron chi connectivity index (χ0n) is 66.4. The lowest BCUT2D eigenvalue weighted by molar-refractivity contribution is -0.253. The van der Waals surface area contributed by atoms with Gasteiger partial charge in [0, 0.05) is 104 Å². The molecule has 2 aliphatic carbocycles. The summed E-state index contributed by atoms with van der Waals surface area (Å²) in [6.07, 6.45) is -0.370. The maximum Gasteiger partial charge on any atom is 0.459 e. The number of phenols is 1. The Kier molecular flexibility index (Phi) is 35.8. The van der Waals surface area contributed by atoms with Gasteiger partial charge in [-0.2, -0.15) is 5.09 Å². The van der Waals surface area contributed by atoms with Crippen LogP contribution in [0, 0.1) is 0 Å². The van der Waals surface area contributed by atoms with Crippen molar-refractivity contribution in [1.29, 1.82) is 0 Å². The number of aliphatic hydroxyl groups excluding tert-OH is 1. The summed E-state index contributed by atoms with van der Waals surface area (Å²) in [5.74, 6) is -2.40. The van der Waals surface area contributed by atoms with Crippen molar-refractivity contribution in [2.75, 3.05) is 26.6 Å². The lowest BCUT2D eigenvalue weighted by Crippen LogP contribution is -2.52. The number of azide groups is 4. The Morgan fingerprint density at radius 3 is 1.24 bits per heavy atom. The molecule has 41 nitrogen and oxygen atoms in total. The van der Waals surface area contributed by atoms with E-state index in [-0.39, 0.29) is 50.4 Å². The van der Waals surface area contributed by atoms with E-state index in [4.69, 9.17) is 117 Å². The second kappa shape index (κ2) is 43.8. The van der Waals surface area contributed by atoms with Gasteiger partial charge in [0.2, 0.25) is 0 Å². The topological polar surface area (TPSA) is 565 Å². The van der Waals surface area contributed by atoms with Gasteiger partial charge in [-0.3, -0.25) is 42.8 Å². The predicted molar refractivity (Wildman–Crippen MR) is 440 cm³/mol. The van der Waals surface area contributed by atoms with Gasteiger partial charge in [0.05, 0.1) is 51.6 Å². The monoisotopic (exact) mass is 1830 g/mol. The number of halogens is 5. The summed E-state index contributed by atoms with van der Waals surface area (Å²) in [5.41, 5.74) is 27.1. The number of alkyl halides is 2. The molecule has 2 unspecified atom stereocenters. The van der Waals surface area contributed by atoms with Gasteiger partial charge in [-0.15, -0.1) is 0 Å². The van der Waals surface area contributed by atoms with Crippen molar-refractivity contribution >= 4 is 66.4 Å². The Labute approximate surface area is 710 Å². The first-order chi connectivity index (χ1) is 57.2. The summed E-state index contributed by atoms with van der Waals surface area (Å²) >= 11 is 16.3. The Bertz CT molecular complexity index is 5160. The molecule has 6 N–H and O–H groups in total. The number of aliphatic hydroxyl groups is 1. The van der Waals surface area contributed by atoms with E-state index in [1.807, 2.05) is 0 Å². The summed E-state index contributed by atoms with van der Waals surface area (Å²) in [4.78, 5) is 87.6. The van der Waals surface area contributed by atoms with Crippen LogP contribution in [-0.4, -0.2) is 138 Å². The lowest BCUT2D eigenvalue weighted by atomic mass is 9.88. The number of benzene rings is 4. The maximum absolute atomic E-state index is 15.4. The minimum absolute atomic E-state index is 0. The van der Waals surface area contributed by atoms with Crippen molar-refractivity contribution in [2.45, 2.75) is 223 Å². The van der Waals surface area contributed by atoms with E-state index in [0.29, 0.717) is 43.5 Å². The molecule has 12 rings (SSSR count). The van der Waals surface area contributed by atoms with E-state index in [0.717, 1.165) is 57.6 Å². The highest BCUT2D eigenvalue weighted by Gasteiger charge is 2.74. The maximum atomic E-state index is 15.4. The number of phenolic OH excluding ortho intramolecular Hbond substituents is 1. The summed E-state index contributed by atoms with van der Waals surface area (Å²) in [6, 6.07) is 25.6.